The van der Waals surface area contributed by atoms with Crippen molar-refractivity contribution in [3.8, 4) is 6.07 Å². The molecule has 2 saturated heterocycles. The Morgan fingerprint density at radius 3 is 2.33 bits per heavy atom. The van der Waals surface area contributed by atoms with Gasteiger partial charge >= 0.3 is 6.18 Å². The minimum Gasteiger partial charge on any atom is -0.292 e. The number of halogens is 3. The summed E-state index contributed by atoms with van der Waals surface area (Å²) in [7, 11) is 0. The molecule has 0 N–H and O–H groups in total. The summed E-state index contributed by atoms with van der Waals surface area (Å²) in [6, 6.07) is 4.11. The molecule has 6 aliphatic rings. The molecule has 0 aromatic heterocycles. The molecular formula is C24H33F3N2S. The first-order valence-electron chi connectivity index (χ1n) is 12.4. The van der Waals surface area contributed by atoms with E-state index in [1.807, 2.05) is 11.8 Å². The maximum atomic E-state index is 13.5. The second kappa shape index (κ2) is 7.30. The van der Waals surface area contributed by atoms with E-state index in [0.29, 0.717) is 48.1 Å². The van der Waals surface area contributed by atoms with Crippen molar-refractivity contribution in [2.24, 2.45) is 35.5 Å². The first-order chi connectivity index (χ1) is 14.5. The molecule has 166 valence electrons. The third kappa shape index (κ3) is 2.93. The summed E-state index contributed by atoms with van der Waals surface area (Å²) in [5.41, 5.74) is 0. The highest BCUT2D eigenvalue weighted by Gasteiger charge is 2.62. The molecule has 0 amide bonds. The highest BCUT2D eigenvalue weighted by molar-refractivity contribution is 8.00. The topological polar surface area (TPSA) is 27.0 Å². The van der Waals surface area contributed by atoms with Gasteiger partial charge in [0, 0.05) is 34.5 Å². The molecule has 0 radical (unpaired) electrons. The zero-order valence-electron chi connectivity index (χ0n) is 17.6. The molecule has 2 aliphatic heterocycles. The van der Waals surface area contributed by atoms with Crippen molar-refractivity contribution in [3.05, 3.63) is 0 Å². The number of nitrogens with zero attached hydrogens (tertiary/aromatic N) is 2. The van der Waals surface area contributed by atoms with Gasteiger partial charge in [-0.15, -0.1) is 0 Å². The smallest absolute Gasteiger partial charge is 0.292 e. The zero-order chi connectivity index (χ0) is 20.6. The Morgan fingerprint density at radius 1 is 0.800 bits per heavy atom. The Bertz CT molecular complexity index is 720. The lowest BCUT2D eigenvalue weighted by Crippen LogP contribution is -2.72. The van der Waals surface area contributed by atoms with Crippen molar-refractivity contribution in [1.82, 2.24) is 4.90 Å². The molecule has 4 saturated carbocycles. The average Bonchev–Trinajstić information content (AvgIpc) is 2.75. The van der Waals surface area contributed by atoms with Crippen molar-refractivity contribution in [1.29, 1.82) is 5.26 Å². The van der Waals surface area contributed by atoms with Gasteiger partial charge in [0.1, 0.15) is 0 Å². The standard InChI is InChI=1S/C24H33F3N2S/c25-24(26,27)14-8-10-18-21(11-14)30-20-6-2-5-17-16-4-1-3-15-13(12-28)7-9-19(22(15)16)29(18)23(17)20/h13-23H,1-11H2. The molecule has 0 spiro atoms. The summed E-state index contributed by atoms with van der Waals surface area (Å²) >= 11 is 1.96. The molecule has 2 heterocycles. The van der Waals surface area contributed by atoms with Gasteiger partial charge in [-0.05, 0) is 81.5 Å². The van der Waals surface area contributed by atoms with Crippen molar-refractivity contribution in [3.63, 3.8) is 0 Å². The molecule has 11 unspecified atom stereocenters. The first kappa shape index (κ1) is 20.2. The van der Waals surface area contributed by atoms with Crippen molar-refractivity contribution in [2.45, 2.75) is 105 Å². The van der Waals surface area contributed by atoms with Gasteiger partial charge in [-0.2, -0.15) is 30.2 Å². The van der Waals surface area contributed by atoms with Gasteiger partial charge < -0.3 is 0 Å². The maximum Gasteiger partial charge on any atom is 0.391 e. The van der Waals surface area contributed by atoms with E-state index in [4.69, 9.17) is 0 Å². The number of hydrogen-bond acceptors (Lipinski definition) is 3. The van der Waals surface area contributed by atoms with Crippen molar-refractivity contribution < 1.29 is 13.2 Å². The van der Waals surface area contributed by atoms with Gasteiger partial charge in [0.15, 0.2) is 0 Å². The second-order valence-electron chi connectivity index (χ2n) is 11.1. The van der Waals surface area contributed by atoms with Gasteiger partial charge in [0.25, 0.3) is 0 Å². The molecule has 6 fully saturated rings. The van der Waals surface area contributed by atoms with Crippen LogP contribution in [-0.4, -0.2) is 39.7 Å². The highest BCUT2D eigenvalue weighted by atomic mass is 32.2. The van der Waals surface area contributed by atoms with Crippen molar-refractivity contribution >= 4 is 11.8 Å². The Kier molecular flexibility index (Phi) is 4.92. The fourth-order valence-corrected chi connectivity index (χ4v) is 11.2. The summed E-state index contributed by atoms with van der Waals surface area (Å²) in [5, 5.41) is 10.5. The van der Waals surface area contributed by atoms with Crippen LogP contribution in [0.3, 0.4) is 0 Å². The van der Waals surface area contributed by atoms with Crippen LogP contribution in [0.15, 0.2) is 0 Å². The average molecular weight is 439 g/mol. The lowest BCUT2D eigenvalue weighted by Gasteiger charge is -2.68. The predicted molar refractivity (Wildman–Crippen MR) is 112 cm³/mol. The van der Waals surface area contributed by atoms with Crippen LogP contribution in [0.5, 0.6) is 0 Å². The third-order valence-electron chi connectivity index (χ3n) is 10.0. The van der Waals surface area contributed by atoms with Crippen LogP contribution < -0.4 is 0 Å². The van der Waals surface area contributed by atoms with Crippen LogP contribution in [0.2, 0.25) is 0 Å². The largest absolute Gasteiger partial charge is 0.391 e. The fourth-order valence-electron chi connectivity index (χ4n) is 9.11. The van der Waals surface area contributed by atoms with E-state index >= 15 is 0 Å². The zero-order valence-corrected chi connectivity index (χ0v) is 18.4. The van der Waals surface area contributed by atoms with Gasteiger partial charge in [-0.3, -0.25) is 4.90 Å². The number of alkyl halides is 3. The fraction of sp³-hybridized carbons (Fsp3) is 0.958. The molecular weight excluding hydrogens is 405 g/mol. The number of rotatable bonds is 0. The Morgan fingerprint density at radius 2 is 1.53 bits per heavy atom. The van der Waals surface area contributed by atoms with Crippen LogP contribution in [0, 0.1) is 46.8 Å². The Labute approximate surface area is 182 Å². The second-order valence-corrected chi connectivity index (χ2v) is 12.6. The molecule has 0 aromatic rings. The SMILES string of the molecule is N#CC1CCC2C3C1CCCC3C1CCCC3SC4CC(C(F)(F)F)CCC4N2C31. The normalized spacial score (nSPS) is 53.1. The molecule has 6 rings (SSSR count). The van der Waals surface area contributed by atoms with Crippen molar-refractivity contribution in [2.75, 3.05) is 0 Å². The Balaban J connectivity index is 1.36. The van der Waals surface area contributed by atoms with Crippen LogP contribution >= 0.6 is 11.8 Å². The van der Waals surface area contributed by atoms with Gasteiger partial charge in [-0.25, -0.2) is 0 Å². The molecule has 0 aromatic carbocycles. The molecule has 30 heavy (non-hydrogen) atoms. The molecule has 2 nitrogen and oxygen atoms in total. The van der Waals surface area contributed by atoms with E-state index < -0.39 is 12.1 Å². The predicted octanol–water partition coefficient (Wildman–Crippen LogP) is 6.02. The summed E-state index contributed by atoms with van der Waals surface area (Å²) < 4.78 is 40.6. The molecule has 11 atom stereocenters. The Hall–Kier alpha value is -0.410. The van der Waals surface area contributed by atoms with E-state index in [2.05, 4.69) is 11.0 Å². The minimum atomic E-state index is -4.04. The summed E-state index contributed by atoms with van der Waals surface area (Å²) in [6.45, 7) is 0. The summed E-state index contributed by atoms with van der Waals surface area (Å²) in [6.07, 6.45) is 6.96. The number of nitriles is 1. The number of piperidine rings is 1. The minimum absolute atomic E-state index is 0.151. The van der Waals surface area contributed by atoms with E-state index in [0.717, 1.165) is 31.1 Å². The van der Waals surface area contributed by atoms with Crippen LogP contribution in [0.1, 0.15) is 70.6 Å². The van der Waals surface area contributed by atoms with Gasteiger partial charge in [0.05, 0.1) is 12.0 Å². The first-order valence-corrected chi connectivity index (χ1v) is 13.3. The van der Waals surface area contributed by atoms with E-state index in [9.17, 15) is 18.4 Å². The van der Waals surface area contributed by atoms with E-state index in [1.54, 1.807) is 0 Å². The number of thioether (sulfide) groups is 1. The molecule has 0 bridgehead atoms. The highest BCUT2D eigenvalue weighted by Crippen LogP contribution is 2.62. The lowest BCUT2D eigenvalue weighted by atomic mass is 9.52. The number of hydrogen-bond donors (Lipinski definition) is 0. The van der Waals surface area contributed by atoms with Gasteiger partial charge in [0.2, 0.25) is 0 Å². The monoisotopic (exact) mass is 438 g/mol. The number of fused-ring (bicyclic) bond motifs is 4. The molecule has 6 heteroatoms. The lowest BCUT2D eigenvalue weighted by molar-refractivity contribution is -0.192. The van der Waals surface area contributed by atoms with Crippen LogP contribution in [0.25, 0.3) is 0 Å². The van der Waals surface area contributed by atoms with Crippen LogP contribution in [0.4, 0.5) is 13.2 Å². The maximum absolute atomic E-state index is 13.5. The third-order valence-corrected chi connectivity index (χ3v) is 11.8. The van der Waals surface area contributed by atoms with E-state index in [1.165, 1.54) is 38.5 Å². The quantitative estimate of drug-likeness (QED) is 0.463. The van der Waals surface area contributed by atoms with Gasteiger partial charge in [-0.1, -0.05) is 12.8 Å². The molecule has 4 aliphatic carbocycles. The van der Waals surface area contributed by atoms with E-state index in [-0.39, 0.29) is 11.2 Å². The summed E-state index contributed by atoms with van der Waals surface area (Å²) in [5.74, 6) is 1.75. The summed E-state index contributed by atoms with van der Waals surface area (Å²) in [4.78, 5) is 2.84. The van der Waals surface area contributed by atoms with Crippen LogP contribution in [-0.2, 0) is 0 Å².